The third-order valence-electron chi connectivity index (χ3n) is 2.85. The van der Waals surface area contributed by atoms with Gasteiger partial charge in [-0.25, -0.2) is 0 Å². The topological polar surface area (TPSA) is 0 Å². The second-order valence-corrected chi connectivity index (χ2v) is 3.81. The fourth-order valence-corrected chi connectivity index (χ4v) is 2.11. The summed E-state index contributed by atoms with van der Waals surface area (Å²) in [6.45, 7) is 0. The van der Waals surface area contributed by atoms with Crippen LogP contribution in [0.3, 0.4) is 0 Å². The van der Waals surface area contributed by atoms with E-state index in [-0.39, 0.29) is 7.43 Å². The molecule has 0 saturated heterocycles. The maximum atomic E-state index is 2.34. The van der Waals surface area contributed by atoms with E-state index in [9.17, 15) is 0 Å². The predicted octanol–water partition coefficient (Wildman–Crippen LogP) is 2.83. The molecule has 1 aliphatic carbocycles. The van der Waals surface area contributed by atoms with Crippen molar-refractivity contribution in [2.75, 3.05) is 0 Å². The van der Waals surface area contributed by atoms with Gasteiger partial charge in [-0.05, 0) is 46.2 Å². The molecule has 0 heteroatoms. The van der Waals surface area contributed by atoms with Crippen molar-refractivity contribution in [3.05, 3.63) is 46.8 Å². The third-order valence-corrected chi connectivity index (χ3v) is 2.85. The average molecular weight is 196 g/mol. The lowest BCUT2D eigenvalue weighted by Gasteiger charge is -2.02. The van der Waals surface area contributed by atoms with E-state index in [1.54, 1.807) is 0 Å². The van der Waals surface area contributed by atoms with Crippen LogP contribution in [-0.2, 0) is 0 Å². The van der Waals surface area contributed by atoms with Crippen LogP contribution in [0.4, 0.5) is 0 Å². The largest absolute Gasteiger partial charge is 0.0776 e. The molecule has 0 unspecified atom stereocenters. The Morgan fingerprint density at radius 3 is 1.67 bits per heavy atom. The Hall–Kier alpha value is -1.56. The van der Waals surface area contributed by atoms with Crippen LogP contribution in [0.15, 0.2) is 36.4 Å². The molecular formula is C15H16. The summed E-state index contributed by atoms with van der Waals surface area (Å²) in [5.41, 5.74) is 0. The lowest BCUT2D eigenvalue weighted by molar-refractivity contribution is 1.12. The number of fused-ring (bicyclic) bond motifs is 2. The van der Waals surface area contributed by atoms with Crippen molar-refractivity contribution in [3.8, 4) is 0 Å². The molecule has 0 nitrogen and oxygen atoms in total. The lowest BCUT2D eigenvalue weighted by atomic mass is 10.0. The first-order chi connectivity index (χ1) is 6.93. The minimum atomic E-state index is 0. The first-order valence-corrected chi connectivity index (χ1v) is 5.13. The van der Waals surface area contributed by atoms with Crippen LogP contribution in [0.1, 0.15) is 20.3 Å². The zero-order valence-corrected chi connectivity index (χ0v) is 8.03. The van der Waals surface area contributed by atoms with Crippen molar-refractivity contribution in [2.45, 2.75) is 20.3 Å². The quantitative estimate of drug-likeness (QED) is 0.608. The highest BCUT2D eigenvalue weighted by atomic mass is 14.0. The molecule has 0 heterocycles. The van der Waals surface area contributed by atoms with Gasteiger partial charge in [-0.2, -0.15) is 0 Å². The van der Waals surface area contributed by atoms with Gasteiger partial charge in [-0.1, -0.05) is 43.8 Å². The van der Waals surface area contributed by atoms with E-state index in [4.69, 9.17) is 0 Å². The molecule has 2 aromatic rings. The van der Waals surface area contributed by atoms with Crippen LogP contribution in [0.5, 0.6) is 0 Å². The van der Waals surface area contributed by atoms with Crippen molar-refractivity contribution in [1.29, 1.82) is 0 Å². The molecule has 0 amide bonds. The Bertz CT molecular complexity index is 536. The lowest BCUT2D eigenvalue weighted by Crippen LogP contribution is -2.25. The predicted molar refractivity (Wildman–Crippen MR) is 68.1 cm³/mol. The monoisotopic (exact) mass is 196 g/mol. The minimum Gasteiger partial charge on any atom is -0.0776 e. The first-order valence-electron chi connectivity index (χ1n) is 5.13. The van der Waals surface area contributed by atoms with Crippen molar-refractivity contribution >= 4 is 22.9 Å². The van der Waals surface area contributed by atoms with Crippen LogP contribution < -0.4 is 10.4 Å². The summed E-state index contributed by atoms with van der Waals surface area (Å²) in [6.07, 6.45) is 7.04. The van der Waals surface area contributed by atoms with Crippen molar-refractivity contribution in [1.82, 2.24) is 0 Å². The van der Waals surface area contributed by atoms with Crippen LogP contribution in [-0.4, -0.2) is 0 Å². The van der Waals surface area contributed by atoms with Gasteiger partial charge in [0.1, 0.15) is 0 Å². The Labute approximate surface area is 90.6 Å². The van der Waals surface area contributed by atoms with Crippen LogP contribution in [0.2, 0.25) is 0 Å². The maximum absolute atomic E-state index is 2.34. The number of benzene rings is 2. The molecule has 0 aromatic heterocycles. The Balaban J connectivity index is 0.000000853. The zero-order valence-electron chi connectivity index (χ0n) is 8.03. The summed E-state index contributed by atoms with van der Waals surface area (Å²) in [5.74, 6) is 0. The summed E-state index contributed by atoms with van der Waals surface area (Å²) < 4.78 is 0. The molecule has 76 valence electrons. The third kappa shape index (κ3) is 1.68. The smallest absolute Gasteiger partial charge is 0.0178 e. The van der Waals surface area contributed by atoms with Gasteiger partial charge >= 0.3 is 0 Å². The molecule has 0 spiro atoms. The van der Waals surface area contributed by atoms with Gasteiger partial charge in [0.2, 0.25) is 0 Å². The molecule has 0 atom stereocenters. The molecule has 0 N–H and O–H groups in total. The molecule has 3 rings (SSSR count). The molecule has 2 aromatic carbocycles. The van der Waals surface area contributed by atoms with Gasteiger partial charge in [0, 0.05) is 0 Å². The van der Waals surface area contributed by atoms with Gasteiger partial charge < -0.3 is 0 Å². The standard InChI is InChI=1S/C14H12.CH4/c1-2-6-12-10-14-8-4-3-7-13(14)9-11(12)5-1;/h1-2,5-10H,3-4H2;1H4. The fraction of sp³-hybridized carbons (Fsp3) is 0.200. The Morgan fingerprint density at radius 1 is 0.733 bits per heavy atom. The highest BCUT2D eigenvalue weighted by molar-refractivity contribution is 5.82. The van der Waals surface area contributed by atoms with Gasteiger partial charge in [-0.15, -0.1) is 0 Å². The van der Waals surface area contributed by atoms with E-state index in [1.165, 1.54) is 34.1 Å². The van der Waals surface area contributed by atoms with Crippen LogP contribution >= 0.6 is 0 Å². The van der Waals surface area contributed by atoms with Crippen LogP contribution in [0, 0.1) is 0 Å². The van der Waals surface area contributed by atoms with Gasteiger partial charge in [0.05, 0.1) is 0 Å². The normalized spacial score (nSPS) is 13.3. The summed E-state index contributed by atoms with van der Waals surface area (Å²) in [6, 6.07) is 13.1. The Kier molecular flexibility index (Phi) is 2.59. The second-order valence-electron chi connectivity index (χ2n) is 3.81. The highest BCUT2D eigenvalue weighted by Crippen LogP contribution is 2.09. The zero-order chi connectivity index (χ0) is 9.38. The molecule has 15 heavy (non-hydrogen) atoms. The second kappa shape index (κ2) is 3.90. The van der Waals surface area contributed by atoms with E-state index in [1.807, 2.05) is 0 Å². The molecular weight excluding hydrogens is 180 g/mol. The SMILES string of the molecule is C.C1=c2cc3ccccc3cc2=CCC1. The van der Waals surface area contributed by atoms with Gasteiger partial charge in [0.15, 0.2) is 0 Å². The first kappa shape index (κ1) is 9.97. The highest BCUT2D eigenvalue weighted by Gasteiger charge is 1.96. The van der Waals surface area contributed by atoms with Crippen LogP contribution in [0.25, 0.3) is 22.9 Å². The summed E-state index contributed by atoms with van der Waals surface area (Å²) in [4.78, 5) is 0. The summed E-state index contributed by atoms with van der Waals surface area (Å²) >= 11 is 0. The van der Waals surface area contributed by atoms with Crippen molar-refractivity contribution in [2.24, 2.45) is 0 Å². The molecule has 0 saturated carbocycles. The van der Waals surface area contributed by atoms with E-state index in [2.05, 4.69) is 48.6 Å². The fourth-order valence-electron chi connectivity index (χ4n) is 2.11. The number of hydrogen-bond donors (Lipinski definition) is 0. The maximum Gasteiger partial charge on any atom is -0.0178 e. The van der Waals surface area contributed by atoms with Gasteiger partial charge in [0.25, 0.3) is 0 Å². The Morgan fingerprint density at radius 2 is 1.20 bits per heavy atom. The van der Waals surface area contributed by atoms with E-state index < -0.39 is 0 Å². The average Bonchev–Trinajstić information content (AvgIpc) is 2.26. The van der Waals surface area contributed by atoms with Crippen molar-refractivity contribution in [3.63, 3.8) is 0 Å². The van der Waals surface area contributed by atoms with Crippen molar-refractivity contribution < 1.29 is 0 Å². The number of rotatable bonds is 0. The minimum absolute atomic E-state index is 0. The number of hydrogen-bond acceptors (Lipinski definition) is 0. The summed E-state index contributed by atoms with van der Waals surface area (Å²) in [5, 5.41) is 5.49. The van der Waals surface area contributed by atoms with E-state index in [0.717, 1.165) is 0 Å². The van der Waals surface area contributed by atoms with E-state index >= 15 is 0 Å². The molecule has 0 fully saturated rings. The van der Waals surface area contributed by atoms with E-state index in [0.29, 0.717) is 0 Å². The van der Waals surface area contributed by atoms with Gasteiger partial charge in [-0.3, -0.25) is 0 Å². The molecule has 0 aliphatic heterocycles. The molecule has 1 aliphatic rings. The molecule has 0 radical (unpaired) electrons. The summed E-state index contributed by atoms with van der Waals surface area (Å²) in [7, 11) is 0. The molecule has 0 bridgehead atoms.